The van der Waals surface area contributed by atoms with Crippen molar-refractivity contribution in [3.63, 3.8) is 0 Å². The molecule has 0 saturated carbocycles. The Balaban J connectivity index is 1.87. The summed E-state index contributed by atoms with van der Waals surface area (Å²) in [5.41, 5.74) is 2.50. The zero-order chi connectivity index (χ0) is 28.3. The lowest BCUT2D eigenvalue weighted by Crippen LogP contribution is -2.26. The van der Waals surface area contributed by atoms with Gasteiger partial charge in [0.05, 0.1) is 0 Å². The lowest BCUT2D eigenvalue weighted by Gasteiger charge is -2.23. The van der Waals surface area contributed by atoms with Gasteiger partial charge in [-0.15, -0.1) is 0 Å². The minimum Gasteiger partial charge on any atom is -0.508 e. The molecule has 8 heteroatoms. The molecule has 0 amide bonds. The van der Waals surface area contributed by atoms with Gasteiger partial charge in [0.25, 0.3) is 0 Å². The molecule has 0 atom stereocenters. The molecular weight excluding hydrogens is 502 g/mol. The summed E-state index contributed by atoms with van der Waals surface area (Å²) in [6.45, 7) is 0. The summed E-state index contributed by atoms with van der Waals surface area (Å²) in [4.78, 5) is 0. The first-order chi connectivity index (χ1) is 19.2. The molecule has 0 heterocycles. The lowest BCUT2D eigenvalue weighted by molar-refractivity contribution is 0.351. The Kier molecular flexibility index (Phi) is 5.77. The van der Waals surface area contributed by atoms with Gasteiger partial charge >= 0.3 is 0 Å². The largest absolute Gasteiger partial charge is 0.508 e. The van der Waals surface area contributed by atoms with Gasteiger partial charge in [0, 0.05) is 32.7 Å². The molecule has 0 unspecified atom stereocenters. The molecule has 0 aromatic heterocycles. The molecule has 0 fully saturated rings. The predicted octanol–water partition coefficient (Wildman–Crippen LogP) is 4.82. The van der Waals surface area contributed by atoms with Crippen LogP contribution in [0.15, 0.2) is 84.9 Å². The monoisotopic (exact) mass is 522 g/mol. The van der Waals surface area contributed by atoms with E-state index in [0.29, 0.717) is 11.1 Å². The van der Waals surface area contributed by atoms with E-state index >= 15 is 0 Å². The zero-order valence-electron chi connectivity index (χ0n) is 20.9. The van der Waals surface area contributed by atoms with Crippen molar-refractivity contribution >= 4 is 48.2 Å². The number of hydrogen-bond acceptors (Lipinski definition) is 6. The summed E-state index contributed by atoms with van der Waals surface area (Å²) in [6.07, 6.45) is 0. The molecule has 0 spiro atoms. The van der Waals surface area contributed by atoms with Crippen LogP contribution in [-0.4, -0.2) is 46.3 Å². The zero-order valence-corrected chi connectivity index (χ0v) is 20.9. The van der Waals surface area contributed by atoms with E-state index in [4.69, 9.17) is 15.7 Å². The number of rotatable bonds is 3. The summed E-state index contributed by atoms with van der Waals surface area (Å²) in [7, 11) is 12.2. The van der Waals surface area contributed by atoms with E-state index in [9.17, 15) is 30.6 Å². The van der Waals surface area contributed by atoms with Crippen LogP contribution in [0.3, 0.4) is 0 Å². The summed E-state index contributed by atoms with van der Waals surface area (Å²) in [6, 6.07) is 25.4. The molecule has 6 N–H and O–H groups in total. The van der Waals surface area contributed by atoms with Crippen molar-refractivity contribution in [3.05, 3.63) is 84.9 Å². The number of hydrogen-bond donors (Lipinski definition) is 6. The lowest BCUT2D eigenvalue weighted by atomic mass is 9.74. The first-order valence-electron chi connectivity index (χ1n) is 12.3. The smallest absolute Gasteiger partial charge is 0.204 e. The Morgan fingerprint density at radius 3 is 1.05 bits per heavy atom. The van der Waals surface area contributed by atoms with Crippen molar-refractivity contribution in [2.45, 2.75) is 0 Å². The van der Waals surface area contributed by atoms with E-state index < -0.39 is 34.5 Å². The molecule has 4 radical (unpaired) electrons. The topological polar surface area (TPSA) is 121 Å². The van der Waals surface area contributed by atoms with Gasteiger partial charge in [-0.25, -0.2) is 0 Å². The van der Waals surface area contributed by atoms with E-state index in [1.807, 2.05) is 42.5 Å². The van der Waals surface area contributed by atoms with Crippen molar-refractivity contribution in [1.29, 1.82) is 0 Å². The molecule has 6 nitrogen and oxygen atoms in total. The maximum Gasteiger partial charge on any atom is 0.204 e. The van der Waals surface area contributed by atoms with E-state index in [1.165, 1.54) is 0 Å². The maximum absolute atomic E-state index is 11.4. The second kappa shape index (κ2) is 9.20. The molecule has 0 bridgehead atoms. The highest BCUT2D eigenvalue weighted by Crippen LogP contribution is 2.58. The minimum atomic E-state index is -0.947. The maximum atomic E-state index is 11.4. The van der Waals surface area contributed by atoms with E-state index in [2.05, 4.69) is 0 Å². The minimum absolute atomic E-state index is 0.0304. The van der Waals surface area contributed by atoms with Crippen LogP contribution in [0.4, 0.5) is 0 Å². The highest BCUT2D eigenvalue weighted by Gasteiger charge is 2.30. The van der Waals surface area contributed by atoms with Crippen LogP contribution in [0.2, 0.25) is 0 Å². The van der Waals surface area contributed by atoms with Gasteiger partial charge in [-0.3, -0.25) is 0 Å². The summed E-state index contributed by atoms with van der Waals surface area (Å²) in [5.74, 6) is -4.28. The van der Waals surface area contributed by atoms with Gasteiger partial charge in [0.15, 0.2) is 11.5 Å². The molecule has 0 aliphatic carbocycles. The molecule has 0 aliphatic heterocycles. The fraction of sp³-hybridized carbons (Fsp3) is 0. The second-order valence-corrected chi connectivity index (χ2v) is 9.48. The van der Waals surface area contributed by atoms with Gasteiger partial charge < -0.3 is 30.6 Å². The van der Waals surface area contributed by atoms with Gasteiger partial charge in [0.1, 0.15) is 27.2 Å². The predicted molar refractivity (Wildman–Crippen MR) is 159 cm³/mol. The summed E-state index contributed by atoms with van der Waals surface area (Å²) >= 11 is 0. The molecule has 6 aromatic carbocycles. The quantitative estimate of drug-likeness (QED) is 0.0859. The van der Waals surface area contributed by atoms with Gasteiger partial charge in [-0.05, 0) is 22.3 Å². The SMILES string of the molecule is [B]c1c([B])c(O)c2c(-c3ccc(-c4ccccc4)cc3)c3c(O)c(O)c(O)c(O)c3c(-c3ccccc3)c2c1O. The van der Waals surface area contributed by atoms with Crippen LogP contribution in [0.5, 0.6) is 34.5 Å². The van der Waals surface area contributed by atoms with Crippen LogP contribution in [-0.2, 0) is 0 Å². The average molecular weight is 522 g/mol. The van der Waals surface area contributed by atoms with Crippen LogP contribution in [0.1, 0.15) is 0 Å². The van der Waals surface area contributed by atoms with E-state index in [-0.39, 0.29) is 43.6 Å². The Morgan fingerprint density at radius 2 is 0.625 bits per heavy atom. The number of aromatic hydroxyl groups is 6. The Hall–Kier alpha value is -5.23. The molecular formula is C32H20B2O6. The van der Waals surface area contributed by atoms with Crippen LogP contribution >= 0.6 is 0 Å². The third kappa shape index (κ3) is 3.53. The van der Waals surface area contributed by atoms with Crippen molar-refractivity contribution in [2.24, 2.45) is 0 Å². The average Bonchev–Trinajstić information content (AvgIpc) is 3.00. The second-order valence-electron chi connectivity index (χ2n) is 9.48. The summed E-state index contributed by atoms with van der Waals surface area (Å²) < 4.78 is 0. The van der Waals surface area contributed by atoms with Crippen LogP contribution in [0, 0.1) is 0 Å². The number of phenols is 6. The molecule has 6 aromatic rings. The first kappa shape index (κ1) is 25.1. The molecule has 6 rings (SSSR count). The van der Waals surface area contributed by atoms with Crippen molar-refractivity contribution in [1.82, 2.24) is 0 Å². The Bertz CT molecular complexity index is 1870. The van der Waals surface area contributed by atoms with Gasteiger partial charge in [-0.1, -0.05) is 95.9 Å². The molecule has 0 aliphatic rings. The molecule has 40 heavy (non-hydrogen) atoms. The van der Waals surface area contributed by atoms with Crippen LogP contribution < -0.4 is 10.9 Å². The number of fused-ring (bicyclic) bond motifs is 2. The van der Waals surface area contributed by atoms with E-state index in [1.54, 1.807) is 42.5 Å². The fourth-order valence-corrected chi connectivity index (χ4v) is 5.32. The standard InChI is InChI=1S/C32H20B2O6/c33-25-26(34)28(36)22-20(18-13-11-16(12-14-18)15-7-3-1-4-8-15)24-23(29(37)31(39)32(40)30(24)38)19(21(22)27(25)35)17-9-5-2-6-10-17/h1-14,35-40H. The molecule has 190 valence electrons. The normalized spacial score (nSPS) is 11.3. The Morgan fingerprint density at radius 1 is 0.325 bits per heavy atom. The fourth-order valence-electron chi connectivity index (χ4n) is 5.32. The van der Waals surface area contributed by atoms with Crippen molar-refractivity contribution < 1.29 is 30.6 Å². The van der Waals surface area contributed by atoms with Crippen LogP contribution in [0.25, 0.3) is 54.9 Å². The third-order valence-electron chi connectivity index (χ3n) is 7.26. The Labute approximate surface area is 231 Å². The summed E-state index contributed by atoms with van der Waals surface area (Å²) in [5, 5.41) is 66.2. The van der Waals surface area contributed by atoms with E-state index in [0.717, 1.165) is 11.1 Å². The highest BCUT2D eigenvalue weighted by atomic mass is 16.3. The number of benzene rings is 6. The molecule has 0 saturated heterocycles. The first-order valence-corrected chi connectivity index (χ1v) is 12.3. The van der Waals surface area contributed by atoms with Crippen molar-refractivity contribution in [3.8, 4) is 67.9 Å². The third-order valence-corrected chi connectivity index (χ3v) is 7.26. The van der Waals surface area contributed by atoms with Crippen molar-refractivity contribution in [2.75, 3.05) is 0 Å². The van der Waals surface area contributed by atoms with Gasteiger partial charge in [-0.2, -0.15) is 0 Å². The number of phenolic OH excluding ortho intramolecular Hbond substituents is 6. The highest BCUT2D eigenvalue weighted by molar-refractivity contribution is 6.53. The van der Waals surface area contributed by atoms with Gasteiger partial charge in [0.2, 0.25) is 11.5 Å².